The number of hydrogen-bond acceptors (Lipinski definition) is 2. The van der Waals surface area contributed by atoms with Gasteiger partial charge < -0.3 is 0 Å². The summed E-state index contributed by atoms with van der Waals surface area (Å²) in [6.45, 7) is 0. The number of hydrogen-bond donors (Lipinski definition) is 2. The standard InChI is InChI=1S/C15H15Cl3N2O/c16-10-5-12(17)15(13(18)6-10)20-19-14(21)7-11(8-1-2-8)9-3-4-9/h5-9,20H,1-4H2,(H,19,21). The zero-order valence-electron chi connectivity index (χ0n) is 11.3. The molecule has 0 aliphatic heterocycles. The highest BCUT2D eigenvalue weighted by Gasteiger charge is 2.36. The fourth-order valence-corrected chi connectivity index (χ4v) is 3.29. The van der Waals surface area contributed by atoms with E-state index in [1.54, 1.807) is 18.2 Å². The summed E-state index contributed by atoms with van der Waals surface area (Å²) in [4.78, 5) is 12.0. The van der Waals surface area contributed by atoms with Crippen molar-refractivity contribution < 1.29 is 4.79 Å². The number of halogens is 3. The summed E-state index contributed by atoms with van der Waals surface area (Å²) in [5, 5.41) is 1.18. The summed E-state index contributed by atoms with van der Waals surface area (Å²) in [6, 6.07) is 3.14. The lowest BCUT2D eigenvalue weighted by atomic mass is 10.1. The number of carbonyl (C=O) groups excluding carboxylic acids is 1. The Morgan fingerprint density at radius 3 is 2.05 bits per heavy atom. The molecule has 1 aromatic carbocycles. The Labute approximate surface area is 138 Å². The van der Waals surface area contributed by atoms with Crippen molar-refractivity contribution in [1.29, 1.82) is 0 Å². The first-order valence-electron chi connectivity index (χ1n) is 6.96. The average Bonchev–Trinajstić information content (AvgIpc) is 3.26. The molecule has 3 rings (SSSR count). The molecule has 0 spiro atoms. The average molecular weight is 346 g/mol. The van der Waals surface area contributed by atoms with Gasteiger partial charge in [0.1, 0.15) is 0 Å². The molecule has 0 atom stereocenters. The van der Waals surface area contributed by atoms with Gasteiger partial charge in [0.05, 0.1) is 15.7 Å². The van der Waals surface area contributed by atoms with Crippen molar-refractivity contribution in [3.63, 3.8) is 0 Å². The van der Waals surface area contributed by atoms with Gasteiger partial charge in [0.2, 0.25) is 0 Å². The first kappa shape index (κ1) is 15.0. The predicted molar refractivity (Wildman–Crippen MR) is 86.8 cm³/mol. The van der Waals surface area contributed by atoms with Gasteiger partial charge in [-0.2, -0.15) is 0 Å². The minimum absolute atomic E-state index is 0.175. The molecule has 6 heteroatoms. The van der Waals surface area contributed by atoms with Gasteiger partial charge in [-0.25, -0.2) is 0 Å². The maximum absolute atomic E-state index is 12.0. The van der Waals surface area contributed by atoms with Crippen LogP contribution >= 0.6 is 34.8 Å². The number of nitrogens with one attached hydrogen (secondary N) is 2. The van der Waals surface area contributed by atoms with Crippen molar-refractivity contribution in [1.82, 2.24) is 5.43 Å². The van der Waals surface area contributed by atoms with E-state index in [0.29, 0.717) is 32.6 Å². The third-order valence-corrected chi connectivity index (χ3v) is 4.53. The lowest BCUT2D eigenvalue weighted by Crippen LogP contribution is -2.28. The maximum Gasteiger partial charge on any atom is 0.262 e. The lowest BCUT2D eigenvalue weighted by Gasteiger charge is -2.11. The Hall–Kier alpha value is -0.900. The van der Waals surface area contributed by atoms with Crippen LogP contribution in [0.25, 0.3) is 0 Å². The number of rotatable bonds is 5. The van der Waals surface area contributed by atoms with Crippen LogP contribution in [-0.2, 0) is 4.79 Å². The normalized spacial score (nSPS) is 17.3. The van der Waals surface area contributed by atoms with Gasteiger partial charge in [-0.1, -0.05) is 40.4 Å². The fourth-order valence-electron chi connectivity index (χ4n) is 2.38. The van der Waals surface area contributed by atoms with E-state index in [-0.39, 0.29) is 5.91 Å². The molecule has 0 bridgehead atoms. The van der Waals surface area contributed by atoms with E-state index < -0.39 is 0 Å². The van der Waals surface area contributed by atoms with Crippen LogP contribution in [0.2, 0.25) is 15.1 Å². The molecule has 1 amide bonds. The quantitative estimate of drug-likeness (QED) is 0.592. The van der Waals surface area contributed by atoms with Crippen molar-refractivity contribution in [2.24, 2.45) is 11.8 Å². The second-order valence-corrected chi connectivity index (χ2v) is 6.80. The summed E-state index contributed by atoms with van der Waals surface area (Å²) in [6.07, 6.45) is 6.55. The Morgan fingerprint density at radius 2 is 1.57 bits per heavy atom. The molecule has 0 saturated heterocycles. The number of amides is 1. The largest absolute Gasteiger partial charge is 0.295 e. The van der Waals surface area contributed by atoms with Gasteiger partial charge >= 0.3 is 0 Å². The summed E-state index contributed by atoms with van der Waals surface area (Å²) in [5.41, 5.74) is 7.13. The molecule has 112 valence electrons. The van der Waals surface area contributed by atoms with E-state index in [2.05, 4.69) is 10.9 Å². The van der Waals surface area contributed by atoms with Crippen LogP contribution in [0, 0.1) is 11.8 Å². The molecule has 1 aromatic rings. The van der Waals surface area contributed by atoms with Crippen molar-refractivity contribution in [2.45, 2.75) is 25.7 Å². The lowest BCUT2D eigenvalue weighted by molar-refractivity contribution is -0.116. The van der Waals surface area contributed by atoms with E-state index in [1.807, 2.05) is 0 Å². The SMILES string of the molecule is O=C(C=C(C1CC1)C1CC1)NNc1c(Cl)cc(Cl)cc1Cl. The molecule has 2 N–H and O–H groups in total. The van der Waals surface area contributed by atoms with Gasteiger partial charge in [-0.3, -0.25) is 15.6 Å². The first-order chi connectivity index (χ1) is 10.0. The second-order valence-electron chi connectivity index (χ2n) is 5.55. The topological polar surface area (TPSA) is 41.1 Å². The zero-order valence-corrected chi connectivity index (χ0v) is 13.5. The molecule has 0 heterocycles. The van der Waals surface area contributed by atoms with Gasteiger partial charge in [-0.15, -0.1) is 0 Å². The Bertz CT molecular complexity index is 570. The second kappa shape index (κ2) is 6.07. The van der Waals surface area contributed by atoms with Crippen LogP contribution in [0.3, 0.4) is 0 Å². The monoisotopic (exact) mass is 344 g/mol. The van der Waals surface area contributed by atoms with Gasteiger partial charge in [-0.05, 0) is 49.7 Å². The van der Waals surface area contributed by atoms with Crippen LogP contribution in [0.15, 0.2) is 23.8 Å². The van der Waals surface area contributed by atoms with Crippen LogP contribution in [0.5, 0.6) is 0 Å². The van der Waals surface area contributed by atoms with Crippen LogP contribution in [-0.4, -0.2) is 5.91 Å². The maximum atomic E-state index is 12.0. The summed E-state index contributed by atoms with van der Waals surface area (Å²) in [7, 11) is 0. The van der Waals surface area contributed by atoms with Crippen LogP contribution < -0.4 is 10.9 Å². The molecular formula is C15H15Cl3N2O. The molecule has 2 aliphatic rings. The van der Waals surface area contributed by atoms with Crippen molar-refractivity contribution in [3.05, 3.63) is 38.8 Å². The molecule has 0 aromatic heterocycles. The predicted octanol–water partition coefficient (Wildman–Crippen LogP) is 4.84. The third-order valence-electron chi connectivity index (χ3n) is 3.71. The number of carbonyl (C=O) groups is 1. The van der Waals surface area contributed by atoms with E-state index in [0.717, 1.165) is 0 Å². The molecule has 0 unspecified atom stereocenters. The smallest absolute Gasteiger partial charge is 0.262 e. The van der Waals surface area contributed by atoms with E-state index in [9.17, 15) is 4.79 Å². The molecule has 2 aliphatic carbocycles. The highest BCUT2D eigenvalue weighted by molar-refractivity contribution is 6.41. The highest BCUT2D eigenvalue weighted by atomic mass is 35.5. The first-order valence-corrected chi connectivity index (χ1v) is 8.10. The van der Waals surface area contributed by atoms with E-state index >= 15 is 0 Å². The molecular weight excluding hydrogens is 331 g/mol. The molecule has 0 radical (unpaired) electrons. The number of benzene rings is 1. The van der Waals surface area contributed by atoms with E-state index in [4.69, 9.17) is 34.8 Å². The molecule has 21 heavy (non-hydrogen) atoms. The summed E-state index contributed by atoms with van der Waals surface area (Å²) < 4.78 is 0. The summed E-state index contributed by atoms with van der Waals surface area (Å²) in [5.74, 6) is 1.06. The van der Waals surface area contributed by atoms with Crippen molar-refractivity contribution in [2.75, 3.05) is 5.43 Å². The zero-order chi connectivity index (χ0) is 15.0. The van der Waals surface area contributed by atoms with E-state index in [1.165, 1.54) is 31.3 Å². The van der Waals surface area contributed by atoms with Gasteiger partial charge in [0.15, 0.2) is 0 Å². The number of allylic oxidation sites excluding steroid dienone is 1. The van der Waals surface area contributed by atoms with Crippen LogP contribution in [0.1, 0.15) is 25.7 Å². The molecule has 2 saturated carbocycles. The summed E-state index contributed by atoms with van der Waals surface area (Å²) >= 11 is 17.9. The Kier molecular flexibility index (Phi) is 4.34. The van der Waals surface area contributed by atoms with Crippen LogP contribution in [0.4, 0.5) is 5.69 Å². The number of anilines is 1. The minimum Gasteiger partial charge on any atom is -0.295 e. The van der Waals surface area contributed by atoms with Gasteiger partial charge in [0.25, 0.3) is 5.91 Å². The Balaban J connectivity index is 1.64. The highest BCUT2D eigenvalue weighted by Crippen LogP contribution is 2.48. The van der Waals surface area contributed by atoms with Gasteiger partial charge in [0, 0.05) is 11.1 Å². The van der Waals surface area contributed by atoms with Crippen molar-refractivity contribution >= 4 is 46.4 Å². The minimum atomic E-state index is -0.175. The third kappa shape index (κ3) is 3.85. The molecule has 2 fully saturated rings. The fraction of sp³-hybridized carbons (Fsp3) is 0.400. The number of hydrazine groups is 1. The Morgan fingerprint density at radius 1 is 1.05 bits per heavy atom. The van der Waals surface area contributed by atoms with Crippen molar-refractivity contribution in [3.8, 4) is 0 Å². The molecule has 3 nitrogen and oxygen atoms in total.